The molecule has 0 fully saturated rings. The Kier molecular flexibility index (Phi) is 5.28. The lowest BCUT2D eigenvalue weighted by molar-refractivity contribution is 0.104. The van der Waals surface area contributed by atoms with E-state index in [2.05, 4.69) is 14.9 Å². The molecular formula is C11H21N3O2. The minimum Gasteiger partial charge on any atom is -0.383 e. The Hall–Kier alpha value is -1.07. The van der Waals surface area contributed by atoms with Crippen LogP contribution in [0, 0.1) is 6.92 Å². The summed E-state index contributed by atoms with van der Waals surface area (Å²) in [6, 6.07) is 0. The Balaban J connectivity index is 2.60. The number of aryl methyl sites for hydroxylation is 1. The first-order chi connectivity index (χ1) is 7.67. The monoisotopic (exact) mass is 227 g/mol. The van der Waals surface area contributed by atoms with Crippen LogP contribution in [0.1, 0.15) is 12.6 Å². The summed E-state index contributed by atoms with van der Waals surface area (Å²) in [7, 11) is 3.40. The summed E-state index contributed by atoms with van der Waals surface area (Å²) in [5.41, 5.74) is 1.00. The van der Waals surface area contributed by atoms with E-state index < -0.39 is 0 Å². The second-order valence-electron chi connectivity index (χ2n) is 3.82. The molecule has 1 N–H and O–H groups in total. The fraction of sp³-hybridized carbons (Fsp3) is 0.727. The number of nitrogens with zero attached hydrogens (tertiary/aromatic N) is 2. The average Bonchev–Trinajstić information content (AvgIpc) is 2.59. The number of anilines is 1. The van der Waals surface area contributed by atoms with Gasteiger partial charge in [-0.25, -0.2) is 4.98 Å². The van der Waals surface area contributed by atoms with Gasteiger partial charge < -0.3 is 19.4 Å². The highest BCUT2D eigenvalue weighted by Gasteiger charge is 2.08. The fourth-order valence-electron chi connectivity index (χ4n) is 1.44. The van der Waals surface area contributed by atoms with Crippen molar-refractivity contribution in [3.8, 4) is 0 Å². The number of rotatable bonds is 7. The number of methoxy groups -OCH3 is 2. The van der Waals surface area contributed by atoms with E-state index >= 15 is 0 Å². The standard InChI is InChI=1S/C11H21N3O2/c1-9-7-14(8-10(2)16-4)11(13-9)12-5-6-15-3/h7,10H,5-6,8H2,1-4H3,(H,12,13). The third-order valence-electron chi connectivity index (χ3n) is 2.34. The maximum Gasteiger partial charge on any atom is 0.203 e. The molecule has 0 aromatic carbocycles. The predicted molar refractivity (Wildman–Crippen MR) is 63.8 cm³/mol. The summed E-state index contributed by atoms with van der Waals surface area (Å²) in [5.74, 6) is 0.874. The Bertz CT molecular complexity index is 312. The van der Waals surface area contributed by atoms with Crippen molar-refractivity contribution in [1.82, 2.24) is 9.55 Å². The minimum atomic E-state index is 0.177. The number of nitrogens with one attached hydrogen (secondary N) is 1. The van der Waals surface area contributed by atoms with Gasteiger partial charge in [0.2, 0.25) is 5.95 Å². The predicted octanol–water partition coefficient (Wildman–Crippen LogP) is 1.28. The first-order valence-electron chi connectivity index (χ1n) is 5.46. The molecule has 0 saturated heterocycles. The largest absolute Gasteiger partial charge is 0.383 e. The average molecular weight is 227 g/mol. The number of aromatic nitrogens is 2. The van der Waals surface area contributed by atoms with Crippen LogP contribution in [0.5, 0.6) is 0 Å². The van der Waals surface area contributed by atoms with Crippen molar-refractivity contribution in [2.75, 3.05) is 32.7 Å². The van der Waals surface area contributed by atoms with Gasteiger partial charge >= 0.3 is 0 Å². The highest BCUT2D eigenvalue weighted by molar-refractivity contribution is 5.28. The summed E-state index contributed by atoms with van der Waals surface area (Å²) in [4.78, 5) is 4.41. The molecule has 0 amide bonds. The summed E-state index contributed by atoms with van der Waals surface area (Å²) in [6.45, 7) is 6.25. The van der Waals surface area contributed by atoms with Crippen LogP contribution in [0.4, 0.5) is 5.95 Å². The van der Waals surface area contributed by atoms with Crippen molar-refractivity contribution < 1.29 is 9.47 Å². The lowest BCUT2D eigenvalue weighted by atomic mass is 10.4. The smallest absolute Gasteiger partial charge is 0.203 e. The van der Waals surface area contributed by atoms with Crippen LogP contribution < -0.4 is 5.32 Å². The normalized spacial score (nSPS) is 12.8. The van der Waals surface area contributed by atoms with Crippen LogP contribution in [0.25, 0.3) is 0 Å². The second-order valence-corrected chi connectivity index (χ2v) is 3.82. The Morgan fingerprint density at radius 2 is 2.25 bits per heavy atom. The van der Waals surface area contributed by atoms with Crippen LogP contribution in [-0.2, 0) is 16.0 Å². The van der Waals surface area contributed by atoms with E-state index in [1.165, 1.54) is 0 Å². The van der Waals surface area contributed by atoms with Gasteiger partial charge in [0.05, 0.1) is 24.9 Å². The maximum absolute atomic E-state index is 5.24. The first kappa shape index (κ1) is 13.0. The zero-order chi connectivity index (χ0) is 12.0. The zero-order valence-corrected chi connectivity index (χ0v) is 10.5. The van der Waals surface area contributed by atoms with E-state index in [0.29, 0.717) is 6.61 Å². The number of hydrogen-bond acceptors (Lipinski definition) is 4. The second kappa shape index (κ2) is 6.50. The quantitative estimate of drug-likeness (QED) is 0.713. The van der Waals surface area contributed by atoms with Crippen LogP contribution >= 0.6 is 0 Å². The van der Waals surface area contributed by atoms with Crippen LogP contribution in [-0.4, -0.2) is 43.0 Å². The lowest BCUT2D eigenvalue weighted by Gasteiger charge is -2.13. The molecule has 5 nitrogen and oxygen atoms in total. The topological polar surface area (TPSA) is 48.3 Å². The van der Waals surface area contributed by atoms with Gasteiger partial charge in [0.25, 0.3) is 0 Å². The molecule has 0 bridgehead atoms. The molecule has 1 unspecified atom stereocenters. The van der Waals surface area contributed by atoms with Gasteiger partial charge in [-0.3, -0.25) is 0 Å². The van der Waals surface area contributed by atoms with Gasteiger partial charge in [0.15, 0.2) is 0 Å². The molecular weight excluding hydrogens is 206 g/mol. The molecule has 1 aromatic heterocycles. The third-order valence-corrected chi connectivity index (χ3v) is 2.34. The summed E-state index contributed by atoms with van der Waals surface area (Å²) in [5, 5.41) is 3.24. The zero-order valence-electron chi connectivity index (χ0n) is 10.5. The molecule has 0 spiro atoms. The van der Waals surface area contributed by atoms with Gasteiger partial charge in [-0.05, 0) is 13.8 Å². The number of imidazole rings is 1. The molecule has 92 valence electrons. The highest BCUT2D eigenvalue weighted by Crippen LogP contribution is 2.09. The summed E-state index contributed by atoms with van der Waals surface area (Å²) >= 11 is 0. The summed E-state index contributed by atoms with van der Waals surface area (Å²) < 4.78 is 12.3. The van der Waals surface area contributed by atoms with Gasteiger partial charge in [-0.1, -0.05) is 0 Å². The summed E-state index contributed by atoms with van der Waals surface area (Å²) in [6.07, 6.45) is 2.20. The van der Waals surface area contributed by atoms with Crippen molar-refractivity contribution in [1.29, 1.82) is 0 Å². The molecule has 0 aliphatic heterocycles. The van der Waals surface area contributed by atoms with E-state index in [1.54, 1.807) is 14.2 Å². The van der Waals surface area contributed by atoms with Crippen molar-refractivity contribution in [3.05, 3.63) is 11.9 Å². The molecule has 1 aromatic rings. The molecule has 0 aliphatic carbocycles. The maximum atomic E-state index is 5.24. The molecule has 16 heavy (non-hydrogen) atoms. The molecule has 0 radical (unpaired) electrons. The van der Waals surface area contributed by atoms with Crippen molar-refractivity contribution >= 4 is 5.95 Å². The number of hydrogen-bond donors (Lipinski definition) is 1. The number of ether oxygens (including phenoxy) is 2. The van der Waals surface area contributed by atoms with E-state index in [-0.39, 0.29) is 6.10 Å². The Morgan fingerprint density at radius 1 is 1.50 bits per heavy atom. The van der Waals surface area contributed by atoms with Crippen LogP contribution in [0.3, 0.4) is 0 Å². The molecule has 5 heteroatoms. The van der Waals surface area contributed by atoms with Crippen molar-refractivity contribution in [2.24, 2.45) is 0 Å². The van der Waals surface area contributed by atoms with Crippen LogP contribution in [0.2, 0.25) is 0 Å². The molecule has 1 atom stereocenters. The van der Waals surface area contributed by atoms with Crippen molar-refractivity contribution in [3.63, 3.8) is 0 Å². The minimum absolute atomic E-state index is 0.177. The third kappa shape index (κ3) is 3.83. The van der Waals surface area contributed by atoms with E-state index in [0.717, 1.165) is 24.7 Å². The molecule has 1 heterocycles. The van der Waals surface area contributed by atoms with Gasteiger partial charge in [-0.2, -0.15) is 0 Å². The Morgan fingerprint density at radius 3 is 2.88 bits per heavy atom. The van der Waals surface area contributed by atoms with Gasteiger partial charge in [0, 0.05) is 27.0 Å². The Labute approximate surface area is 96.8 Å². The lowest BCUT2D eigenvalue weighted by Crippen LogP contribution is -2.18. The van der Waals surface area contributed by atoms with Crippen molar-refractivity contribution in [2.45, 2.75) is 26.5 Å². The fourth-order valence-corrected chi connectivity index (χ4v) is 1.44. The molecule has 0 saturated carbocycles. The van der Waals surface area contributed by atoms with Gasteiger partial charge in [-0.15, -0.1) is 0 Å². The van der Waals surface area contributed by atoms with E-state index in [9.17, 15) is 0 Å². The van der Waals surface area contributed by atoms with Gasteiger partial charge in [0.1, 0.15) is 0 Å². The van der Waals surface area contributed by atoms with E-state index in [1.807, 2.05) is 20.0 Å². The molecule has 0 aliphatic rings. The van der Waals surface area contributed by atoms with E-state index in [4.69, 9.17) is 9.47 Å². The van der Waals surface area contributed by atoms with Crippen LogP contribution in [0.15, 0.2) is 6.20 Å². The SMILES string of the molecule is COCCNc1nc(C)cn1CC(C)OC. The first-order valence-corrected chi connectivity index (χ1v) is 5.46. The highest BCUT2D eigenvalue weighted by atomic mass is 16.5. The molecule has 1 rings (SSSR count).